The molecular weight excluding hydrogens is 445 g/mol. The number of aryl methyl sites for hydroxylation is 2. The van der Waals surface area contributed by atoms with Gasteiger partial charge < -0.3 is 14.5 Å². The van der Waals surface area contributed by atoms with E-state index in [1.807, 2.05) is 6.07 Å². The zero-order chi connectivity index (χ0) is 22.8. The number of benzene rings is 2. The first-order chi connectivity index (χ1) is 16.0. The van der Waals surface area contributed by atoms with Gasteiger partial charge >= 0.3 is 0 Å². The number of ether oxygens (including phenoxy) is 1. The van der Waals surface area contributed by atoms with Crippen molar-refractivity contribution in [1.82, 2.24) is 9.78 Å². The summed E-state index contributed by atoms with van der Waals surface area (Å²) in [6.07, 6.45) is 5.11. The first-order valence-corrected chi connectivity index (χ1v) is 11.0. The summed E-state index contributed by atoms with van der Waals surface area (Å²) in [5, 5.41) is 7.34. The van der Waals surface area contributed by atoms with Crippen LogP contribution in [-0.4, -0.2) is 15.7 Å². The molecule has 4 aromatic rings. The van der Waals surface area contributed by atoms with Crippen LogP contribution in [0, 0.1) is 5.82 Å². The minimum absolute atomic E-state index is 0.165. The van der Waals surface area contributed by atoms with Crippen LogP contribution in [-0.2, 0) is 26.0 Å². The predicted octanol–water partition coefficient (Wildman–Crippen LogP) is 5.64. The fourth-order valence-electron chi connectivity index (χ4n) is 3.89. The van der Waals surface area contributed by atoms with Gasteiger partial charge in [0.1, 0.15) is 23.9 Å². The molecule has 6 nitrogen and oxygen atoms in total. The Balaban J connectivity index is 1.17. The Morgan fingerprint density at radius 3 is 2.88 bits per heavy atom. The van der Waals surface area contributed by atoms with Crippen molar-refractivity contribution in [2.24, 2.45) is 0 Å². The lowest BCUT2D eigenvalue weighted by Gasteiger charge is -2.06. The number of halogens is 2. The highest BCUT2D eigenvalue weighted by Crippen LogP contribution is 2.26. The second-order valence-corrected chi connectivity index (χ2v) is 8.33. The molecule has 0 bridgehead atoms. The third-order valence-corrected chi connectivity index (χ3v) is 5.92. The maximum absolute atomic E-state index is 13.2. The quantitative estimate of drug-likeness (QED) is 0.383. The summed E-state index contributed by atoms with van der Waals surface area (Å²) in [5.41, 5.74) is 3.45. The van der Waals surface area contributed by atoms with Crippen molar-refractivity contribution in [3.63, 3.8) is 0 Å². The van der Waals surface area contributed by atoms with Crippen molar-refractivity contribution in [2.45, 2.75) is 32.4 Å². The molecule has 0 aliphatic heterocycles. The summed E-state index contributed by atoms with van der Waals surface area (Å²) in [4.78, 5) is 12.5. The standard InChI is InChI=1S/C25H21ClFN3O3/c26-22-13-19(27)6-4-18(22)14-30-11-10-24(29-30)28-25(31)23-9-8-21(33-23)15-32-20-7-5-16-2-1-3-17(16)12-20/h4-13H,1-3,14-15H2,(H,28,29,31). The molecule has 1 aliphatic rings. The van der Waals surface area contributed by atoms with Crippen LogP contribution in [0.2, 0.25) is 5.02 Å². The third kappa shape index (κ3) is 4.93. The largest absolute Gasteiger partial charge is 0.486 e. The summed E-state index contributed by atoms with van der Waals surface area (Å²) in [7, 11) is 0. The van der Waals surface area contributed by atoms with E-state index < -0.39 is 11.7 Å². The van der Waals surface area contributed by atoms with E-state index in [9.17, 15) is 9.18 Å². The second-order valence-electron chi connectivity index (χ2n) is 7.93. The van der Waals surface area contributed by atoms with Crippen LogP contribution in [0.3, 0.4) is 0 Å². The summed E-state index contributed by atoms with van der Waals surface area (Å²) < 4.78 is 26.3. The van der Waals surface area contributed by atoms with Crippen LogP contribution in [0.4, 0.5) is 10.2 Å². The van der Waals surface area contributed by atoms with Gasteiger partial charge in [0.05, 0.1) is 6.54 Å². The van der Waals surface area contributed by atoms with Crippen molar-refractivity contribution in [3.8, 4) is 5.75 Å². The van der Waals surface area contributed by atoms with Crippen LogP contribution in [0.1, 0.15) is 39.4 Å². The molecule has 0 unspecified atom stereocenters. The van der Waals surface area contributed by atoms with E-state index in [2.05, 4.69) is 22.5 Å². The molecule has 1 aliphatic carbocycles. The fourth-order valence-corrected chi connectivity index (χ4v) is 4.12. The molecule has 0 saturated heterocycles. The Morgan fingerprint density at radius 2 is 2.00 bits per heavy atom. The number of anilines is 1. The Labute approximate surface area is 194 Å². The van der Waals surface area contributed by atoms with Gasteiger partial charge in [0.2, 0.25) is 0 Å². The first kappa shape index (κ1) is 21.3. The number of nitrogens with zero attached hydrogens (tertiary/aromatic N) is 2. The van der Waals surface area contributed by atoms with Gasteiger partial charge in [-0.15, -0.1) is 0 Å². The van der Waals surface area contributed by atoms with E-state index in [4.69, 9.17) is 20.8 Å². The number of carbonyl (C=O) groups is 1. The molecule has 2 aromatic heterocycles. The smallest absolute Gasteiger partial charge is 0.292 e. The lowest BCUT2D eigenvalue weighted by atomic mass is 10.1. The molecule has 0 fully saturated rings. The lowest BCUT2D eigenvalue weighted by Crippen LogP contribution is -2.12. The normalized spacial score (nSPS) is 12.5. The topological polar surface area (TPSA) is 69.3 Å². The van der Waals surface area contributed by atoms with E-state index in [0.717, 1.165) is 24.2 Å². The molecule has 2 heterocycles. The van der Waals surface area contributed by atoms with Crippen LogP contribution >= 0.6 is 11.6 Å². The number of furan rings is 1. The zero-order valence-corrected chi connectivity index (χ0v) is 18.4. The van der Waals surface area contributed by atoms with Crippen LogP contribution in [0.25, 0.3) is 0 Å². The van der Waals surface area contributed by atoms with Crippen molar-refractivity contribution in [1.29, 1.82) is 0 Å². The number of nitrogens with one attached hydrogen (secondary N) is 1. The zero-order valence-electron chi connectivity index (χ0n) is 17.7. The molecular formula is C25H21ClFN3O3. The highest BCUT2D eigenvalue weighted by molar-refractivity contribution is 6.31. The van der Waals surface area contributed by atoms with Crippen LogP contribution < -0.4 is 10.1 Å². The van der Waals surface area contributed by atoms with Crippen LogP contribution in [0.5, 0.6) is 5.75 Å². The highest BCUT2D eigenvalue weighted by atomic mass is 35.5. The number of hydrogen-bond donors (Lipinski definition) is 1. The summed E-state index contributed by atoms with van der Waals surface area (Å²) >= 11 is 6.07. The maximum Gasteiger partial charge on any atom is 0.292 e. The van der Waals surface area contributed by atoms with Gasteiger partial charge in [-0.25, -0.2) is 4.39 Å². The average molecular weight is 466 g/mol. The molecule has 1 N–H and O–H groups in total. The molecule has 0 spiro atoms. The predicted molar refractivity (Wildman–Crippen MR) is 122 cm³/mol. The van der Waals surface area contributed by atoms with E-state index >= 15 is 0 Å². The fraction of sp³-hybridized carbons (Fsp3) is 0.200. The average Bonchev–Trinajstić information content (AvgIpc) is 3.55. The molecule has 0 atom stereocenters. The lowest BCUT2D eigenvalue weighted by molar-refractivity contribution is 0.0992. The molecule has 33 heavy (non-hydrogen) atoms. The third-order valence-electron chi connectivity index (χ3n) is 5.57. The van der Waals surface area contributed by atoms with Crippen LogP contribution in [0.15, 0.2) is 65.2 Å². The van der Waals surface area contributed by atoms with Gasteiger partial charge in [0.25, 0.3) is 5.91 Å². The van der Waals surface area contributed by atoms with Gasteiger partial charge in [0, 0.05) is 17.3 Å². The van der Waals surface area contributed by atoms with Crippen molar-refractivity contribution in [2.75, 3.05) is 5.32 Å². The molecule has 2 aromatic carbocycles. The van der Waals surface area contributed by atoms with Gasteiger partial charge in [0.15, 0.2) is 11.6 Å². The van der Waals surface area contributed by atoms with Gasteiger partial charge in [-0.05, 0) is 72.4 Å². The number of hydrogen-bond acceptors (Lipinski definition) is 4. The van der Waals surface area contributed by atoms with E-state index in [0.29, 0.717) is 23.1 Å². The van der Waals surface area contributed by atoms with Crippen molar-refractivity contribution in [3.05, 3.63) is 99.8 Å². The maximum atomic E-state index is 13.2. The van der Waals surface area contributed by atoms with E-state index in [1.54, 1.807) is 35.1 Å². The Hall–Kier alpha value is -3.58. The summed E-state index contributed by atoms with van der Waals surface area (Å²) in [6, 6.07) is 15.3. The molecule has 0 saturated carbocycles. The SMILES string of the molecule is O=C(Nc1ccn(Cc2ccc(F)cc2Cl)n1)c1ccc(COc2ccc3c(c2)CCC3)o1. The minimum Gasteiger partial charge on any atom is -0.486 e. The molecule has 8 heteroatoms. The van der Waals surface area contributed by atoms with Gasteiger partial charge in [-0.3, -0.25) is 9.48 Å². The van der Waals surface area contributed by atoms with Gasteiger partial charge in [-0.2, -0.15) is 5.10 Å². The first-order valence-electron chi connectivity index (χ1n) is 10.7. The van der Waals surface area contributed by atoms with Gasteiger partial charge in [-0.1, -0.05) is 23.7 Å². The minimum atomic E-state index is -0.413. The molecule has 5 rings (SSSR count). The Bertz CT molecular complexity index is 1310. The van der Waals surface area contributed by atoms with Crippen molar-refractivity contribution < 1.29 is 18.3 Å². The summed E-state index contributed by atoms with van der Waals surface area (Å²) in [6.45, 7) is 0.582. The molecule has 0 radical (unpaired) electrons. The second kappa shape index (κ2) is 9.11. The number of fused-ring (bicyclic) bond motifs is 1. The molecule has 168 valence electrons. The number of amides is 1. The molecule has 1 amide bonds. The Kier molecular flexibility index (Phi) is 5.88. The Morgan fingerprint density at radius 1 is 1.12 bits per heavy atom. The van der Waals surface area contributed by atoms with Crippen molar-refractivity contribution >= 4 is 23.3 Å². The van der Waals surface area contributed by atoms with E-state index in [1.165, 1.54) is 29.7 Å². The monoisotopic (exact) mass is 465 g/mol. The van der Waals surface area contributed by atoms with E-state index in [-0.39, 0.29) is 12.4 Å². The highest BCUT2D eigenvalue weighted by Gasteiger charge is 2.15. The number of rotatable bonds is 7. The number of aromatic nitrogens is 2. The number of carbonyl (C=O) groups excluding carboxylic acids is 1. The summed E-state index contributed by atoms with van der Waals surface area (Å²) in [5.74, 6) is 1.07.